The molecular weight excluding hydrogens is 204 g/mol. The molecule has 4 nitrogen and oxygen atoms in total. The van der Waals surface area contributed by atoms with Crippen LogP contribution >= 0.6 is 0 Å². The number of benzene rings is 1. The second kappa shape index (κ2) is 3.63. The molecule has 84 valence electrons. The quantitative estimate of drug-likeness (QED) is 0.687. The average Bonchev–Trinajstić information content (AvgIpc) is 2.52. The van der Waals surface area contributed by atoms with Gasteiger partial charge in [0.25, 0.3) is 0 Å². The molecule has 1 aromatic carbocycles. The third-order valence-corrected chi connectivity index (χ3v) is 2.79. The molecule has 0 amide bonds. The van der Waals surface area contributed by atoms with Gasteiger partial charge < -0.3 is 4.74 Å². The van der Waals surface area contributed by atoms with Crippen LogP contribution in [0.5, 0.6) is 0 Å². The standard InChI is InChI=1S/C12H14N2O2/c1-7-5-11-10(8(2)13-14(11)3)6-9(7)12(15)16-4/h5-6H,1-4H3. The summed E-state index contributed by atoms with van der Waals surface area (Å²) in [6, 6.07) is 3.81. The zero-order valence-corrected chi connectivity index (χ0v) is 9.87. The second-order valence-electron chi connectivity index (χ2n) is 3.88. The van der Waals surface area contributed by atoms with Crippen LogP contribution in [0.1, 0.15) is 21.6 Å². The van der Waals surface area contributed by atoms with Crippen LogP contribution in [0.3, 0.4) is 0 Å². The third-order valence-electron chi connectivity index (χ3n) is 2.79. The van der Waals surface area contributed by atoms with E-state index in [0.29, 0.717) is 5.56 Å². The zero-order chi connectivity index (χ0) is 11.9. The number of nitrogens with zero attached hydrogens (tertiary/aromatic N) is 2. The van der Waals surface area contributed by atoms with Gasteiger partial charge in [0.05, 0.1) is 23.9 Å². The van der Waals surface area contributed by atoms with E-state index in [1.54, 1.807) is 0 Å². The first-order valence-corrected chi connectivity index (χ1v) is 5.07. The van der Waals surface area contributed by atoms with Crippen LogP contribution in [0, 0.1) is 13.8 Å². The molecule has 0 bridgehead atoms. The zero-order valence-electron chi connectivity index (χ0n) is 9.87. The molecule has 16 heavy (non-hydrogen) atoms. The molecule has 0 N–H and O–H groups in total. The van der Waals surface area contributed by atoms with E-state index in [1.807, 2.05) is 37.7 Å². The van der Waals surface area contributed by atoms with Crippen molar-refractivity contribution in [2.75, 3.05) is 7.11 Å². The SMILES string of the molecule is COC(=O)c1cc2c(C)nn(C)c2cc1C. The summed E-state index contributed by atoms with van der Waals surface area (Å²) >= 11 is 0. The summed E-state index contributed by atoms with van der Waals surface area (Å²) in [6.07, 6.45) is 0. The molecule has 0 aliphatic heterocycles. The van der Waals surface area contributed by atoms with Crippen LogP contribution in [0.15, 0.2) is 12.1 Å². The van der Waals surface area contributed by atoms with Crippen LogP contribution in [0.2, 0.25) is 0 Å². The Bertz CT molecular complexity index is 570. The van der Waals surface area contributed by atoms with E-state index in [0.717, 1.165) is 22.2 Å². The molecule has 0 saturated heterocycles. The Morgan fingerprint density at radius 1 is 1.38 bits per heavy atom. The van der Waals surface area contributed by atoms with E-state index in [1.165, 1.54) is 7.11 Å². The summed E-state index contributed by atoms with van der Waals surface area (Å²) < 4.78 is 6.56. The van der Waals surface area contributed by atoms with Crippen molar-refractivity contribution in [3.05, 3.63) is 29.0 Å². The molecule has 0 radical (unpaired) electrons. The number of carbonyl (C=O) groups is 1. The maximum Gasteiger partial charge on any atom is 0.338 e. The number of fused-ring (bicyclic) bond motifs is 1. The van der Waals surface area contributed by atoms with Crippen LogP contribution in [-0.2, 0) is 11.8 Å². The third kappa shape index (κ3) is 1.46. The number of methoxy groups -OCH3 is 1. The Kier molecular flexibility index (Phi) is 2.42. The van der Waals surface area contributed by atoms with Crippen molar-refractivity contribution in [2.24, 2.45) is 7.05 Å². The summed E-state index contributed by atoms with van der Waals surface area (Å²) in [5, 5.41) is 5.32. The number of aromatic nitrogens is 2. The van der Waals surface area contributed by atoms with Gasteiger partial charge >= 0.3 is 5.97 Å². The maximum absolute atomic E-state index is 11.5. The Hall–Kier alpha value is -1.84. The lowest BCUT2D eigenvalue weighted by Gasteiger charge is -2.04. The van der Waals surface area contributed by atoms with Gasteiger partial charge in [-0.3, -0.25) is 4.68 Å². The highest BCUT2D eigenvalue weighted by Gasteiger charge is 2.13. The second-order valence-corrected chi connectivity index (χ2v) is 3.88. The largest absolute Gasteiger partial charge is 0.465 e. The number of rotatable bonds is 1. The van der Waals surface area contributed by atoms with E-state index in [9.17, 15) is 4.79 Å². The minimum absolute atomic E-state index is 0.303. The first kappa shape index (κ1) is 10.7. The van der Waals surface area contributed by atoms with Gasteiger partial charge in [0.2, 0.25) is 0 Å². The lowest BCUT2D eigenvalue weighted by atomic mass is 10.1. The van der Waals surface area contributed by atoms with E-state index >= 15 is 0 Å². The summed E-state index contributed by atoms with van der Waals surface area (Å²) in [7, 11) is 3.29. The van der Waals surface area contributed by atoms with Gasteiger partial charge in [0.1, 0.15) is 0 Å². The molecule has 2 rings (SSSR count). The highest BCUT2D eigenvalue weighted by atomic mass is 16.5. The molecule has 0 atom stereocenters. The number of hydrogen-bond acceptors (Lipinski definition) is 3. The minimum atomic E-state index is -0.303. The number of esters is 1. The fourth-order valence-electron chi connectivity index (χ4n) is 1.91. The molecule has 0 saturated carbocycles. The topological polar surface area (TPSA) is 44.1 Å². The molecule has 0 unspecified atom stereocenters. The lowest BCUT2D eigenvalue weighted by Crippen LogP contribution is -2.03. The fourth-order valence-corrected chi connectivity index (χ4v) is 1.91. The van der Waals surface area contributed by atoms with Crippen molar-refractivity contribution in [2.45, 2.75) is 13.8 Å². The Morgan fingerprint density at radius 2 is 2.06 bits per heavy atom. The van der Waals surface area contributed by atoms with Crippen molar-refractivity contribution >= 4 is 16.9 Å². The summed E-state index contributed by atoms with van der Waals surface area (Å²) in [4.78, 5) is 11.5. The number of aryl methyl sites for hydroxylation is 3. The van der Waals surface area contributed by atoms with Gasteiger partial charge in [0, 0.05) is 12.4 Å². The highest BCUT2D eigenvalue weighted by Crippen LogP contribution is 2.22. The van der Waals surface area contributed by atoms with Crippen LogP contribution in [0.4, 0.5) is 0 Å². The molecule has 1 heterocycles. The lowest BCUT2D eigenvalue weighted by molar-refractivity contribution is 0.0600. The van der Waals surface area contributed by atoms with Crippen molar-refractivity contribution in [3.63, 3.8) is 0 Å². The van der Waals surface area contributed by atoms with E-state index in [-0.39, 0.29) is 5.97 Å². The molecule has 2 aromatic rings. The molecule has 1 aromatic heterocycles. The Balaban J connectivity index is 2.75. The highest BCUT2D eigenvalue weighted by molar-refractivity contribution is 5.97. The predicted molar refractivity (Wildman–Crippen MR) is 61.5 cm³/mol. The van der Waals surface area contributed by atoms with Gasteiger partial charge in [-0.15, -0.1) is 0 Å². The normalized spacial score (nSPS) is 10.8. The summed E-state index contributed by atoms with van der Waals surface area (Å²) in [5.41, 5.74) is 3.46. The smallest absolute Gasteiger partial charge is 0.338 e. The number of carbonyl (C=O) groups excluding carboxylic acids is 1. The predicted octanol–water partition coefficient (Wildman–Crippen LogP) is 1.98. The Morgan fingerprint density at radius 3 is 2.69 bits per heavy atom. The summed E-state index contributed by atoms with van der Waals surface area (Å²) in [5.74, 6) is -0.303. The first-order chi connectivity index (χ1) is 7.54. The van der Waals surface area contributed by atoms with Crippen LogP contribution < -0.4 is 0 Å². The van der Waals surface area contributed by atoms with Crippen molar-refractivity contribution in [1.82, 2.24) is 9.78 Å². The Labute approximate surface area is 93.8 Å². The number of ether oxygens (including phenoxy) is 1. The summed E-state index contributed by atoms with van der Waals surface area (Å²) in [6.45, 7) is 3.83. The van der Waals surface area contributed by atoms with E-state index in [4.69, 9.17) is 4.74 Å². The maximum atomic E-state index is 11.5. The monoisotopic (exact) mass is 218 g/mol. The molecule has 4 heteroatoms. The van der Waals surface area contributed by atoms with Gasteiger partial charge in [-0.1, -0.05) is 0 Å². The molecule has 0 spiro atoms. The first-order valence-electron chi connectivity index (χ1n) is 5.07. The van der Waals surface area contributed by atoms with Gasteiger partial charge in [-0.25, -0.2) is 4.79 Å². The van der Waals surface area contributed by atoms with Crippen molar-refractivity contribution in [3.8, 4) is 0 Å². The van der Waals surface area contributed by atoms with Gasteiger partial charge in [0.15, 0.2) is 0 Å². The molecule has 0 aliphatic carbocycles. The van der Waals surface area contributed by atoms with Gasteiger partial charge in [-0.05, 0) is 31.5 Å². The van der Waals surface area contributed by atoms with Crippen LogP contribution in [0.25, 0.3) is 10.9 Å². The van der Waals surface area contributed by atoms with Crippen LogP contribution in [-0.4, -0.2) is 22.9 Å². The molecule has 0 fully saturated rings. The molecule has 0 aliphatic rings. The average molecular weight is 218 g/mol. The van der Waals surface area contributed by atoms with Crippen molar-refractivity contribution < 1.29 is 9.53 Å². The van der Waals surface area contributed by atoms with Gasteiger partial charge in [-0.2, -0.15) is 5.10 Å². The molecular formula is C12H14N2O2. The van der Waals surface area contributed by atoms with Crippen molar-refractivity contribution in [1.29, 1.82) is 0 Å². The van der Waals surface area contributed by atoms with E-state index in [2.05, 4.69) is 5.10 Å². The minimum Gasteiger partial charge on any atom is -0.465 e. The fraction of sp³-hybridized carbons (Fsp3) is 0.333. The number of hydrogen-bond donors (Lipinski definition) is 0. The van der Waals surface area contributed by atoms with E-state index < -0.39 is 0 Å².